The van der Waals surface area contributed by atoms with E-state index in [1.807, 2.05) is 0 Å². The van der Waals surface area contributed by atoms with Crippen LogP contribution in [0.2, 0.25) is 0 Å². The van der Waals surface area contributed by atoms with Crippen molar-refractivity contribution in [2.45, 2.75) is 69.6 Å². The first kappa shape index (κ1) is 26.0. The molecule has 0 bridgehead atoms. The van der Waals surface area contributed by atoms with Gasteiger partial charge in [-0.05, 0) is 49.2 Å². The maximum atomic E-state index is 12.1. The summed E-state index contributed by atoms with van der Waals surface area (Å²) in [5, 5.41) is 12.1. The van der Waals surface area contributed by atoms with E-state index < -0.39 is 10.1 Å². The van der Waals surface area contributed by atoms with Gasteiger partial charge in [-0.1, -0.05) is 63.5 Å². The normalized spacial score (nSPS) is 11.1. The van der Waals surface area contributed by atoms with Gasteiger partial charge in [0.05, 0.1) is 4.90 Å². The molecule has 1 N–H and O–H groups in total. The summed E-state index contributed by atoms with van der Waals surface area (Å²) in [4.78, 5) is -0.190. The zero-order chi connectivity index (χ0) is 20.4. The van der Waals surface area contributed by atoms with Crippen LogP contribution in [0.3, 0.4) is 0 Å². The van der Waals surface area contributed by atoms with Gasteiger partial charge in [0.2, 0.25) is 0 Å². The average molecular weight is 429 g/mol. The molecule has 0 fully saturated rings. The molecule has 0 aliphatic carbocycles. The summed E-state index contributed by atoms with van der Waals surface area (Å²) in [5.74, 6) is 0.981. The summed E-state index contributed by atoms with van der Waals surface area (Å²) in [7, 11) is -4.22. The first-order valence-corrected chi connectivity index (χ1v) is 11.4. The largest absolute Gasteiger partial charge is 1.00 e. The van der Waals surface area contributed by atoms with Crippen molar-refractivity contribution in [2.24, 2.45) is 0 Å². The van der Waals surface area contributed by atoms with Crippen LogP contribution in [0.1, 0.15) is 63.9 Å². The zero-order valence-corrected chi connectivity index (χ0v) is 20.2. The molecule has 0 saturated carbocycles. The molecule has 29 heavy (non-hydrogen) atoms. The molecular formula is C22H29NaO5S. The van der Waals surface area contributed by atoms with E-state index in [1.165, 1.54) is 68.9 Å². The predicted molar refractivity (Wildman–Crippen MR) is 109 cm³/mol. The maximum absolute atomic E-state index is 12.1. The second kappa shape index (κ2) is 13.3. The number of hydrogen-bond acceptors (Lipinski definition) is 4. The summed E-state index contributed by atoms with van der Waals surface area (Å²) in [6, 6.07) is 10.3. The summed E-state index contributed by atoms with van der Waals surface area (Å²) in [6.45, 7) is 2.22. The van der Waals surface area contributed by atoms with Crippen LogP contribution in [-0.4, -0.2) is 13.0 Å². The van der Waals surface area contributed by atoms with Crippen molar-refractivity contribution >= 4 is 10.1 Å². The Bertz CT molecular complexity index is 835. The van der Waals surface area contributed by atoms with Gasteiger partial charge >= 0.3 is 29.6 Å². The number of ether oxygens (including phenoxy) is 1. The van der Waals surface area contributed by atoms with Crippen LogP contribution in [0.4, 0.5) is 0 Å². The maximum Gasteiger partial charge on any atom is 1.00 e. The Morgan fingerprint density at radius 2 is 1.41 bits per heavy atom. The van der Waals surface area contributed by atoms with Crippen LogP contribution < -0.4 is 39.4 Å². The van der Waals surface area contributed by atoms with Crippen LogP contribution >= 0.6 is 0 Å². The smallest absolute Gasteiger partial charge is 0.872 e. The quantitative estimate of drug-likeness (QED) is 0.319. The Kier molecular flexibility index (Phi) is 11.9. The van der Waals surface area contributed by atoms with E-state index in [0.717, 1.165) is 24.8 Å². The third kappa shape index (κ3) is 9.53. The van der Waals surface area contributed by atoms with Crippen molar-refractivity contribution in [1.82, 2.24) is 0 Å². The van der Waals surface area contributed by atoms with Gasteiger partial charge in [-0.15, -0.1) is 5.75 Å². The van der Waals surface area contributed by atoms with Gasteiger partial charge in [0.15, 0.2) is 0 Å². The molecule has 0 radical (unpaired) electrons. The molecule has 5 nitrogen and oxygen atoms in total. The number of unbranched alkanes of at least 4 members (excludes halogenated alkanes) is 7. The number of hydrogen-bond donors (Lipinski definition) is 1. The Morgan fingerprint density at radius 1 is 0.862 bits per heavy atom. The number of rotatable bonds is 12. The van der Waals surface area contributed by atoms with Crippen molar-refractivity contribution < 1.29 is 52.4 Å². The molecule has 2 aromatic carbocycles. The fraction of sp³-hybridized carbons (Fsp3) is 0.455. The standard InChI is InChI=1S/C22H30O5S.Na/c1-2-3-4-5-6-7-8-9-10-18-17-20(13-16-22(18)23)27-19-11-14-21(15-12-19)28(24,25)26;/h11-17,23H,2-10H2,1H3,(H,24,25,26);/q;+1/p-1. The molecule has 0 amide bonds. The molecule has 0 unspecified atom stereocenters. The van der Waals surface area contributed by atoms with Crippen LogP contribution in [0.5, 0.6) is 17.2 Å². The van der Waals surface area contributed by atoms with Crippen LogP contribution in [0, 0.1) is 0 Å². The molecule has 7 heteroatoms. The van der Waals surface area contributed by atoms with Crippen molar-refractivity contribution in [3.8, 4) is 17.2 Å². The molecule has 0 atom stereocenters. The van der Waals surface area contributed by atoms with Crippen molar-refractivity contribution in [2.75, 3.05) is 0 Å². The van der Waals surface area contributed by atoms with Gasteiger partial charge in [0.1, 0.15) is 11.5 Å². The van der Waals surface area contributed by atoms with Gasteiger partial charge < -0.3 is 9.84 Å². The van der Waals surface area contributed by atoms with Gasteiger partial charge in [-0.25, -0.2) is 0 Å². The minimum Gasteiger partial charge on any atom is -0.872 e. The zero-order valence-electron chi connectivity index (χ0n) is 17.4. The first-order chi connectivity index (χ1) is 13.4. The van der Waals surface area contributed by atoms with Crippen molar-refractivity contribution in [3.63, 3.8) is 0 Å². The third-order valence-electron chi connectivity index (χ3n) is 4.69. The molecule has 0 aliphatic rings. The van der Waals surface area contributed by atoms with E-state index in [9.17, 15) is 13.5 Å². The second-order valence-corrected chi connectivity index (χ2v) is 8.46. The van der Waals surface area contributed by atoms with Gasteiger partial charge in [0, 0.05) is 0 Å². The summed E-state index contributed by atoms with van der Waals surface area (Å²) < 4.78 is 36.9. The minimum atomic E-state index is -4.22. The molecule has 0 spiro atoms. The molecule has 0 aromatic heterocycles. The fourth-order valence-corrected chi connectivity index (χ4v) is 3.56. The molecule has 154 valence electrons. The Morgan fingerprint density at radius 3 is 2.00 bits per heavy atom. The summed E-state index contributed by atoms with van der Waals surface area (Å²) in [5.41, 5.74) is 0.734. The van der Waals surface area contributed by atoms with Crippen molar-refractivity contribution in [3.05, 3.63) is 48.0 Å². The Balaban J connectivity index is 0.00000420. The van der Waals surface area contributed by atoms with Crippen LogP contribution in [0.15, 0.2) is 47.4 Å². The van der Waals surface area contributed by atoms with Gasteiger partial charge in [-0.2, -0.15) is 8.42 Å². The van der Waals surface area contributed by atoms with E-state index in [-0.39, 0.29) is 40.2 Å². The van der Waals surface area contributed by atoms with Crippen LogP contribution in [0.25, 0.3) is 0 Å². The topological polar surface area (TPSA) is 86.7 Å². The van der Waals surface area contributed by atoms with Gasteiger partial charge in [0.25, 0.3) is 10.1 Å². The molecule has 0 heterocycles. The van der Waals surface area contributed by atoms with E-state index in [4.69, 9.17) is 9.29 Å². The monoisotopic (exact) mass is 428 g/mol. The number of benzene rings is 2. The second-order valence-electron chi connectivity index (χ2n) is 7.04. The molecular weight excluding hydrogens is 399 g/mol. The van der Waals surface area contributed by atoms with E-state index in [1.54, 1.807) is 12.1 Å². The van der Waals surface area contributed by atoms with E-state index in [0.29, 0.717) is 11.5 Å². The fourth-order valence-electron chi connectivity index (χ4n) is 3.08. The van der Waals surface area contributed by atoms with Crippen molar-refractivity contribution in [1.29, 1.82) is 0 Å². The molecule has 0 aliphatic heterocycles. The summed E-state index contributed by atoms with van der Waals surface area (Å²) in [6.07, 6.45) is 10.5. The van der Waals surface area contributed by atoms with Crippen LogP contribution in [-0.2, 0) is 16.5 Å². The minimum absolute atomic E-state index is 0. The average Bonchev–Trinajstić information content (AvgIpc) is 2.66. The van der Waals surface area contributed by atoms with Gasteiger partial charge in [-0.3, -0.25) is 4.55 Å². The molecule has 0 saturated heterocycles. The Labute approximate surface area is 196 Å². The number of aryl methyl sites for hydroxylation is 1. The third-order valence-corrected chi connectivity index (χ3v) is 5.56. The first-order valence-electron chi connectivity index (χ1n) is 9.95. The predicted octanol–water partition coefficient (Wildman–Crippen LogP) is 2.49. The summed E-state index contributed by atoms with van der Waals surface area (Å²) >= 11 is 0. The molecule has 2 rings (SSSR count). The van der Waals surface area contributed by atoms with E-state index in [2.05, 4.69) is 6.92 Å². The molecule has 2 aromatic rings. The van der Waals surface area contributed by atoms with E-state index >= 15 is 0 Å². The SMILES string of the molecule is CCCCCCCCCCc1cc(Oc2ccc(S(=O)(=O)O)cc2)ccc1[O-].[Na+]. The Hall–Kier alpha value is -1.05.